The number of rotatable bonds is 7. The van der Waals surface area contributed by atoms with Crippen LogP contribution in [0.3, 0.4) is 0 Å². The van der Waals surface area contributed by atoms with Gasteiger partial charge in [0.2, 0.25) is 5.91 Å². The zero-order valence-corrected chi connectivity index (χ0v) is 11.9. The molecule has 1 N–H and O–H groups in total. The summed E-state index contributed by atoms with van der Waals surface area (Å²) in [6.07, 6.45) is 2.47. The number of ether oxygens (including phenoxy) is 1. The van der Waals surface area contributed by atoms with Gasteiger partial charge < -0.3 is 14.8 Å². The predicted molar refractivity (Wildman–Crippen MR) is 78.1 cm³/mol. The number of pyridine rings is 1. The van der Waals surface area contributed by atoms with E-state index in [-0.39, 0.29) is 18.1 Å². The lowest BCUT2D eigenvalue weighted by molar-refractivity contribution is -0.142. The van der Waals surface area contributed by atoms with Gasteiger partial charge in [0.15, 0.2) is 5.82 Å². The molecule has 1 heterocycles. The summed E-state index contributed by atoms with van der Waals surface area (Å²) in [4.78, 5) is 50.3. The highest BCUT2D eigenvalue weighted by molar-refractivity contribution is 6.07. The number of carbonyl (C=O) groups excluding carboxylic acids is 4. The Kier molecular flexibility index (Phi) is 6.42. The molecule has 0 fully saturated rings. The van der Waals surface area contributed by atoms with Crippen LogP contribution in [0.5, 0.6) is 0 Å². The van der Waals surface area contributed by atoms with Crippen molar-refractivity contribution < 1.29 is 23.9 Å². The van der Waals surface area contributed by atoms with Crippen molar-refractivity contribution in [1.29, 1.82) is 0 Å². The van der Waals surface area contributed by atoms with Crippen LogP contribution in [0, 0.1) is 0 Å². The van der Waals surface area contributed by atoms with Crippen molar-refractivity contribution in [3.05, 3.63) is 31.0 Å². The maximum absolute atomic E-state index is 11.8. The van der Waals surface area contributed by atoms with Gasteiger partial charge in [0, 0.05) is 6.20 Å². The normalized spacial score (nSPS) is 9.50. The van der Waals surface area contributed by atoms with E-state index in [2.05, 4.69) is 21.6 Å². The van der Waals surface area contributed by atoms with Crippen LogP contribution in [0.15, 0.2) is 31.0 Å². The SMILES string of the molecule is C=CC(=O)N(CC=O)c1ncccc1NC(=O)CC(=O)OC. The number of aldehydes is 1. The molecular formula is C14H15N3O5. The van der Waals surface area contributed by atoms with Gasteiger partial charge in [-0.05, 0) is 18.2 Å². The van der Waals surface area contributed by atoms with Crippen molar-refractivity contribution in [2.24, 2.45) is 0 Å². The molecule has 0 aromatic carbocycles. The van der Waals surface area contributed by atoms with E-state index in [0.717, 1.165) is 11.0 Å². The summed E-state index contributed by atoms with van der Waals surface area (Å²) < 4.78 is 4.39. The van der Waals surface area contributed by atoms with Crippen LogP contribution in [-0.2, 0) is 23.9 Å². The number of aromatic nitrogens is 1. The molecule has 22 heavy (non-hydrogen) atoms. The number of amides is 2. The molecule has 8 heteroatoms. The average molecular weight is 305 g/mol. The van der Waals surface area contributed by atoms with Gasteiger partial charge >= 0.3 is 5.97 Å². The van der Waals surface area contributed by atoms with Crippen LogP contribution >= 0.6 is 0 Å². The Hall–Kier alpha value is -3.03. The summed E-state index contributed by atoms with van der Waals surface area (Å²) >= 11 is 0. The van der Waals surface area contributed by atoms with Gasteiger partial charge in [-0.25, -0.2) is 4.98 Å². The first-order valence-electron chi connectivity index (χ1n) is 6.22. The van der Waals surface area contributed by atoms with E-state index in [9.17, 15) is 19.2 Å². The Morgan fingerprint density at radius 2 is 2.18 bits per heavy atom. The molecule has 0 saturated carbocycles. The third-order valence-corrected chi connectivity index (χ3v) is 2.55. The van der Waals surface area contributed by atoms with E-state index in [1.807, 2.05) is 0 Å². The number of nitrogens with zero attached hydrogens (tertiary/aromatic N) is 2. The van der Waals surface area contributed by atoms with Gasteiger partial charge in [-0.1, -0.05) is 6.58 Å². The highest BCUT2D eigenvalue weighted by atomic mass is 16.5. The number of nitrogens with one attached hydrogen (secondary N) is 1. The largest absolute Gasteiger partial charge is 0.469 e. The van der Waals surface area contributed by atoms with Crippen molar-refractivity contribution in [3.8, 4) is 0 Å². The summed E-state index contributed by atoms with van der Waals surface area (Å²) in [5, 5.41) is 2.45. The zero-order chi connectivity index (χ0) is 16.5. The summed E-state index contributed by atoms with van der Waals surface area (Å²) in [6, 6.07) is 3.03. The van der Waals surface area contributed by atoms with Crippen LogP contribution in [0.4, 0.5) is 11.5 Å². The first-order chi connectivity index (χ1) is 10.5. The number of hydrogen-bond donors (Lipinski definition) is 1. The number of carbonyl (C=O) groups is 4. The zero-order valence-electron chi connectivity index (χ0n) is 11.9. The molecule has 0 aliphatic heterocycles. The van der Waals surface area contributed by atoms with Crippen LogP contribution in [0.1, 0.15) is 6.42 Å². The maximum Gasteiger partial charge on any atom is 0.315 e. The molecule has 1 aromatic rings. The van der Waals surface area contributed by atoms with Crippen LogP contribution in [0.2, 0.25) is 0 Å². The molecule has 0 aliphatic carbocycles. The monoisotopic (exact) mass is 305 g/mol. The molecule has 0 saturated heterocycles. The van der Waals surface area contributed by atoms with Gasteiger partial charge in [0.1, 0.15) is 12.7 Å². The lowest BCUT2D eigenvalue weighted by Gasteiger charge is -2.20. The van der Waals surface area contributed by atoms with Gasteiger partial charge in [0.05, 0.1) is 19.3 Å². The van der Waals surface area contributed by atoms with Crippen LogP contribution in [0.25, 0.3) is 0 Å². The minimum absolute atomic E-state index is 0.0812. The fourth-order valence-corrected chi connectivity index (χ4v) is 1.57. The number of methoxy groups -OCH3 is 1. The van der Waals surface area contributed by atoms with Crippen molar-refractivity contribution in [1.82, 2.24) is 4.98 Å². The quantitative estimate of drug-likeness (QED) is 0.336. The van der Waals surface area contributed by atoms with Gasteiger partial charge in [-0.2, -0.15) is 0 Å². The maximum atomic E-state index is 11.8. The molecule has 1 rings (SSSR count). The van der Waals surface area contributed by atoms with Crippen molar-refractivity contribution in [3.63, 3.8) is 0 Å². The fraction of sp³-hybridized carbons (Fsp3) is 0.214. The minimum atomic E-state index is -0.699. The smallest absolute Gasteiger partial charge is 0.315 e. The first kappa shape index (κ1) is 17.0. The Bertz CT molecular complexity index is 600. The highest BCUT2D eigenvalue weighted by Crippen LogP contribution is 2.23. The van der Waals surface area contributed by atoms with Crippen molar-refractivity contribution >= 4 is 35.6 Å². The molecule has 1 aromatic heterocycles. The molecule has 2 amide bonds. The van der Waals surface area contributed by atoms with Gasteiger partial charge in [-0.3, -0.25) is 19.3 Å². The third kappa shape index (κ3) is 4.51. The van der Waals surface area contributed by atoms with E-state index in [0.29, 0.717) is 6.29 Å². The van der Waals surface area contributed by atoms with Gasteiger partial charge in [-0.15, -0.1) is 0 Å². The molecule has 0 unspecified atom stereocenters. The highest BCUT2D eigenvalue weighted by Gasteiger charge is 2.19. The summed E-state index contributed by atoms with van der Waals surface area (Å²) in [5.41, 5.74) is 0.188. The van der Waals surface area contributed by atoms with Crippen LogP contribution in [-0.4, -0.2) is 42.7 Å². The Balaban J connectivity index is 3.04. The molecule has 0 radical (unpaired) electrons. The van der Waals surface area contributed by atoms with Crippen molar-refractivity contribution in [2.45, 2.75) is 6.42 Å². The van der Waals surface area contributed by atoms with Crippen LogP contribution < -0.4 is 10.2 Å². The second-order valence-electron chi connectivity index (χ2n) is 4.00. The third-order valence-electron chi connectivity index (χ3n) is 2.55. The lowest BCUT2D eigenvalue weighted by Crippen LogP contribution is -2.33. The topological polar surface area (TPSA) is 106 Å². The van der Waals surface area contributed by atoms with E-state index in [1.165, 1.54) is 25.4 Å². The fourth-order valence-electron chi connectivity index (χ4n) is 1.57. The molecule has 8 nitrogen and oxygen atoms in total. The Morgan fingerprint density at radius 3 is 2.77 bits per heavy atom. The predicted octanol–water partition coefficient (Wildman–Crippen LogP) is 0.301. The standard InChI is InChI=1S/C14H15N3O5/c1-3-12(20)17(7-8-18)14-10(5-4-6-15-14)16-11(19)9-13(21)22-2/h3-6,8H,1,7,9H2,2H3,(H,16,19). The molecule has 0 atom stereocenters. The Morgan fingerprint density at radius 1 is 1.45 bits per heavy atom. The van der Waals surface area contributed by atoms with E-state index >= 15 is 0 Å². The second kappa shape index (κ2) is 8.30. The number of hydrogen-bond acceptors (Lipinski definition) is 6. The van der Waals surface area contributed by atoms with E-state index in [1.54, 1.807) is 0 Å². The first-order valence-corrected chi connectivity index (χ1v) is 6.22. The van der Waals surface area contributed by atoms with E-state index in [4.69, 9.17) is 0 Å². The molecule has 116 valence electrons. The van der Waals surface area contributed by atoms with Gasteiger partial charge in [0.25, 0.3) is 5.91 Å². The molecular weight excluding hydrogens is 290 g/mol. The molecule has 0 spiro atoms. The van der Waals surface area contributed by atoms with E-state index < -0.39 is 24.2 Å². The average Bonchev–Trinajstić information content (AvgIpc) is 2.52. The number of esters is 1. The summed E-state index contributed by atoms with van der Waals surface area (Å²) in [7, 11) is 1.17. The number of anilines is 2. The minimum Gasteiger partial charge on any atom is -0.469 e. The lowest BCUT2D eigenvalue weighted by atomic mass is 10.3. The second-order valence-corrected chi connectivity index (χ2v) is 4.00. The Labute approximate surface area is 126 Å². The molecule has 0 aliphatic rings. The molecule has 0 bridgehead atoms. The summed E-state index contributed by atoms with van der Waals surface area (Å²) in [5.74, 6) is -1.79. The van der Waals surface area contributed by atoms with Crippen molar-refractivity contribution in [2.75, 3.05) is 23.9 Å². The summed E-state index contributed by atoms with van der Waals surface area (Å²) in [6.45, 7) is 3.10.